The Labute approximate surface area is 177 Å². The predicted molar refractivity (Wildman–Crippen MR) is 108 cm³/mol. The monoisotopic (exact) mass is 463 g/mol. The number of halogens is 4. The standard InChI is InChI=1S/C18H25F4N7OS/c1-12(19)10-24-31(23,30)14-7-8-16(25-13-5-3-2-4-6-13)15(9-14)17-26-28-29(27-17)11-18(20,21)22/h7-9,12-13,25H,2-6,10-11H2,1H3,(H2,23,24,30)/t12-,31?/m1/s1. The van der Waals surface area contributed by atoms with E-state index >= 15 is 0 Å². The normalized spacial score (nSPS) is 18.5. The van der Waals surface area contributed by atoms with Crippen LogP contribution in [-0.2, 0) is 16.5 Å². The molecule has 1 saturated carbocycles. The third-order valence-corrected chi connectivity index (χ3v) is 6.36. The van der Waals surface area contributed by atoms with Crippen LogP contribution in [0.15, 0.2) is 23.1 Å². The lowest BCUT2D eigenvalue weighted by Gasteiger charge is -2.25. The van der Waals surface area contributed by atoms with Gasteiger partial charge in [-0.3, -0.25) is 0 Å². The molecule has 3 rings (SSSR count). The van der Waals surface area contributed by atoms with Crippen molar-refractivity contribution in [1.82, 2.24) is 24.9 Å². The second-order valence-corrected chi connectivity index (χ2v) is 9.50. The molecule has 172 valence electrons. The largest absolute Gasteiger partial charge is 0.409 e. The van der Waals surface area contributed by atoms with Crippen LogP contribution in [0.3, 0.4) is 0 Å². The minimum atomic E-state index is -4.51. The maximum absolute atomic E-state index is 13.2. The zero-order chi connectivity index (χ0) is 22.6. The van der Waals surface area contributed by atoms with Crippen molar-refractivity contribution in [2.75, 3.05) is 11.9 Å². The number of nitrogens with zero attached hydrogens (tertiary/aromatic N) is 4. The first-order valence-corrected chi connectivity index (χ1v) is 11.5. The van der Waals surface area contributed by atoms with Crippen molar-refractivity contribution in [2.24, 2.45) is 0 Å². The van der Waals surface area contributed by atoms with Gasteiger partial charge < -0.3 is 5.32 Å². The van der Waals surface area contributed by atoms with Crippen LogP contribution in [0, 0.1) is 4.78 Å². The van der Waals surface area contributed by atoms with Crippen LogP contribution in [-0.4, -0.2) is 49.4 Å². The summed E-state index contributed by atoms with van der Waals surface area (Å²) in [6.45, 7) is -0.399. The van der Waals surface area contributed by atoms with Gasteiger partial charge in [0.25, 0.3) is 0 Å². The van der Waals surface area contributed by atoms with E-state index in [1.807, 2.05) is 0 Å². The van der Waals surface area contributed by atoms with E-state index in [2.05, 4.69) is 25.4 Å². The van der Waals surface area contributed by atoms with Crippen molar-refractivity contribution in [3.63, 3.8) is 0 Å². The molecule has 3 N–H and O–H groups in total. The van der Waals surface area contributed by atoms with Gasteiger partial charge in [0.05, 0.1) is 4.90 Å². The smallest absolute Gasteiger partial charge is 0.382 e. The van der Waals surface area contributed by atoms with Crippen LogP contribution in [0.5, 0.6) is 0 Å². The summed E-state index contributed by atoms with van der Waals surface area (Å²) in [5, 5.41) is 14.4. The molecule has 0 spiro atoms. The molecular weight excluding hydrogens is 438 g/mol. The molecule has 31 heavy (non-hydrogen) atoms. The fourth-order valence-corrected chi connectivity index (χ4v) is 4.55. The molecule has 0 amide bonds. The number of nitrogens with one attached hydrogen (secondary N) is 3. The highest BCUT2D eigenvalue weighted by Crippen LogP contribution is 2.31. The number of rotatable bonds is 8. The molecule has 0 radical (unpaired) electrons. The van der Waals surface area contributed by atoms with Gasteiger partial charge in [-0.1, -0.05) is 19.3 Å². The van der Waals surface area contributed by atoms with Gasteiger partial charge in [0, 0.05) is 23.8 Å². The van der Waals surface area contributed by atoms with E-state index in [1.54, 1.807) is 6.07 Å². The van der Waals surface area contributed by atoms with E-state index in [4.69, 9.17) is 4.78 Å². The van der Waals surface area contributed by atoms with Gasteiger partial charge in [0.1, 0.15) is 16.1 Å². The Morgan fingerprint density at radius 2 is 2.00 bits per heavy atom. The Morgan fingerprint density at radius 3 is 2.65 bits per heavy atom. The Bertz CT molecular complexity index is 985. The highest BCUT2D eigenvalue weighted by molar-refractivity contribution is 7.90. The maximum Gasteiger partial charge on any atom is 0.409 e. The minimum Gasteiger partial charge on any atom is -0.382 e. The van der Waals surface area contributed by atoms with E-state index < -0.39 is 28.8 Å². The van der Waals surface area contributed by atoms with Crippen LogP contribution in [0.1, 0.15) is 39.0 Å². The van der Waals surface area contributed by atoms with E-state index in [0.717, 1.165) is 32.1 Å². The lowest BCUT2D eigenvalue weighted by molar-refractivity contribution is -0.145. The molecule has 1 aliphatic rings. The molecule has 1 unspecified atom stereocenters. The summed E-state index contributed by atoms with van der Waals surface area (Å²) >= 11 is 0. The van der Waals surface area contributed by atoms with Gasteiger partial charge in [-0.05, 0) is 43.2 Å². The van der Waals surface area contributed by atoms with E-state index in [-0.39, 0.29) is 28.9 Å². The van der Waals surface area contributed by atoms with Crippen LogP contribution in [0.4, 0.5) is 23.2 Å². The summed E-state index contributed by atoms with van der Waals surface area (Å²) in [6.07, 6.45) is -0.640. The number of hydrogen-bond donors (Lipinski definition) is 3. The number of alkyl halides is 4. The molecule has 1 aliphatic carbocycles. The molecule has 0 saturated heterocycles. The Morgan fingerprint density at radius 1 is 1.29 bits per heavy atom. The third kappa shape index (κ3) is 6.60. The molecule has 13 heteroatoms. The number of anilines is 1. The second-order valence-electron chi connectivity index (χ2n) is 7.63. The van der Waals surface area contributed by atoms with Crippen molar-refractivity contribution in [3.8, 4) is 11.4 Å². The van der Waals surface area contributed by atoms with E-state index in [9.17, 15) is 21.8 Å². The highest BCUT2D eigenvalue weighted by Gasteiger charge is 2.30. The average molecular weight is 464 g/mol. The summed E-state index contributed by atoms with van der Waals surface area (Å²) in [7, 11) is -3.54. The summed E-state index contributed by atoms with van der Waals surface area (Å²) in [4.78, 5) is 0.484. The molecule has 0 aliphatic heterocycles. The van der Waals surface area contributed by atoms with Crippen molar-refractivity contribution in [3.05, 3.63) is 18.2 Å². The fourth-order valence-electron chi connectivity index (χ4n) is 3.37. The third-order valence-electron chi connectivity index (χ3n) is 4.87. The number of aromatic nitrogens is 4. The van der Waals surface area contributed by atoms with Crippen molar-refractivity contribution in [1.29, 1.82) is 4.78 Å². The van der Waals surface area contributed by atoms with E-state index in [1.165, 1.54) is 19.1 Å². The quantitative estimate of drug-likeness (QED) is 0.515. The second kappa shape index (κ2) is 9.47. The predicted octanol–water partition coefficient (Wildman–Crippen LogP) is 3.92. The SMILES string of the molecule is C[C@@H](F)CNS(=N)(=O)c1ccc(NC2CCCCC2)c(-c2nnn(CC(F)(F)F)n2)c1. The Balaban J connectivity index is 1.95. The molecule has 2 aromatic rings. The van der Waals surface area contributed by atoms with Gasteiger partial charge in [0.15, 0.2) is 6.54 Å². The van der Waals surface area contributed by atoms with Gasteiger partial charge in [-0.2, -0.15) is 18.0 Å². The maximum atomic E-state index is 13.2. The van der Waals surface area contributed by atoms with Crippen molar-refractivity contribution >= 4 is 15.6 Å². The zero-order valence-corrected chi connectivity index (χ0v) is 17.8. The molecule has 1 aromatic heterocycles. The summed E-state index contributed by atoms with van der Waals surface area (Å²) in [6, 6.07) is 4.62. The van der Waals surface area contributed by atoms with Crippen LogP contribution in [0.2, 0.25) is 0 Å². The number of hydrogen-bond acceptors (Lipinski definition) is 6. The average Bonchev–Trinajstić information content (AvgIpc) is 3.14. The molecule has 1 aromatic carbocycles. The highest BCUT2D eigenvalue weighted by atomic mass is 32.2. The first-order chi connectivity index (χ1) is 14.5. The van der Waals surface area contributed by atoms with Crippen LogP contribution < -0.4 is 10.0 Å². The molecule has 8 nitrogen and oxygen atoms in total. The topological polar surface area (TPSA) is 109 Å². The van der Waals surface area contributed by atoms with Gasteiger partial charge in [0.2, 0.25) is 5.82 Å². The number of benzene rings is 1. The molecular formula is C18H25F4N7OS. The molecule has 1 heterocycles. The number of tetrazole rings is 1. The fraction of sp³-hybridized carbons (Fsp3) is 0.611. The summed E-state index contributed by atoms with van der Waals surface area (Å²) in [5.41, 5.74) is 0.836. The van der Waals surface area contributed by atoms with Crippen LogP contribution in [0.25, 0.3) is 11.4 Å². The van der Waals surface area contributed by atoms with Crippen molar-refractivity contribution < 1.29 is 21.8 Å². The minimum absolute atomic E-state index is 0.0458. The van der Waals surface area contributed by atoms with Gasteiger partial charge >= 0.3 is 6.18 Å². The lowest BCUT2D eigenvalue weighted by Crippen LogP contribution is -2.28. The molecule has 2 atom stereocenters. The molecule has 0 bridgehead atoms. The summed E-state index contributed by atoms with van der Waals surface area (Å²) < 4.78 is 74.3. The van der Waals surface area contributed by atoms with Gasteiger partial charge in [-0.15, -0.1) is 10.2 Å². The first kappa shape index (κ1) is 23.4. The van der Waals surface area contributed by atoms with Gasteiger partial charge in [-0.25, -0.2) is 18.1 Å². The van der Waals surface area contributed by atoms with Crippen molar-refractivity contribution in [2.45, 2.75) is 68.9 Å². The first-order valence-electron chi connectivity index (χ1n) is 9.96. The Hall–Kier alpha value is -2.28. The van der Waals surface area contributed by atoms with E-state index in [0.29, 0.717) is 10.5 Å². The molecule has 1 fully saturated rings. The van der Waals surface area contributed by atoms with Crippen LogP contribution >= 0.6 is 0 Å². The Kier molecular flexibility index (Phi) is 7.14. The summed E-state index contributed by atoms with van der Waals surface area (Å²) in [5.74, 6) is -0.0848. The zero-order valence-electron chi connectivity index (χ0n) is 17.0. The lowest BCUT2D eigenvalue weighted by atomic mass is 9.95.